The molecule has 1 atom stereocenters. The molecule has 0 aromatic heterocycles. The number of hydrogen-bond donors (Lipinski definition) is 0. The van der Waals surface area contributed by atoms with Crippen LogP contribution in [-0.4, -0.2) is 37.2 Å². The zero-order valence-corrected chi connectivity index (χ0v) is 49.9. The fourth-order valence-corrected chi connectivity index (χ4v) is 8.48. The van der Waals surface area contributed by atoms with Gasteiger partial charge in [-0.05, 0) is 109 Å². The third kappa shape index (κ3) is 62.3. The first-order chi connectivity index (χ1) is 38.0. The lowest BCUT2D eigenvalue weighted by atomic mass is 10.0. The molecule has 1 unspecified atom stereocenters. The Labute approximate surface area is 475 Å². The minimum atomic E-state index is -0.817. The quantitative estimate of drug-likeness (QED) is 0.0261. The second-order valence-corrected chi connectivity index (χ2v) is 20.6. The number of ether oxygens (including phenoxy) is 3. The third-order valence-electron chi connectivity index (χ3n) is 13.2. The second kappa shape index (κ2) is 64.1. The molecule has 0 aromatic carbocycles. The van der Waals surface area contributed by atoms with E-state index in [4.69, 9.17) is 14.2 Å². The number of carbonyl (C=O) groups is 3. The van der Waals surface area contributed by atoms with Crippen LogP contribution < -0.4 is 0 Å². The lowest BCUT2D eigenvalue weighted by Gasteiger charge is -2.18. The van der Waals surface area contributed by atoms with E-state index in [1.165, 1.54) is 103 Å². The summed E-state index contributed by atoms with van der Waals surface area (Å²) in [4.78, 5) is 38.3. The fraction of sp³-hybridized carbons (Fsp3) is 0.648. The topological polar surface area (TPSA) is 78.9 Å². The van der Waals surface area contributed by atoms with Crippen LogP contribution in [0.4, 0.5) is 0 Å². The molecule has 0 radical (unpaired) electrons. The van der Waals surface area contributed by atoms with E-state index in [0.29, 0.717) is 19.3 Å². The summed E-state index contributed by atoms with van der Waals surface area (Å²) >= 11 is 0. The van der Waals surface area contributed by atoms with E-state index in [9.17, 15) is 14.4 Å². The Bertz CT molecular complexity index is 1650. The molecule has 0 amide bonds. The average molecular weight is 1070 g/mol. The van der Waals surface area contributed by atoms with Crippen LogP contribution in [0.15, 0.2) is 134 Å². The van der Waals surface area contributed by atoms with Crippen molar-refractivity contribution in [2.75, 3.05) is 13.2 Å². The van der Waals surface area contributed by atoms with Gasteiger partial charge in [0.05, 0.1) is 0 Å². The maximum absolute atomic E-state index is 12.9. The molecule has 77 heavy (non-hydrogen) atoms. The normalized spacial score (nSPS) is 13.0. The molecule has 0 N–H and O–H groups in total. The Morgan fingerprint density at radius 3 is 0.844 bits per heavy atom. The van der Waals surface area contributed by atoms with Gasteiger partial charge in [0.15, 0.2) is 6.10 Å². The molecule has 0 fully saturated rings. The molecule has 0 saturated carbocycles. The molecule has 0 heterocycles. The monoisotopic (exact) mass is 1060 g/mol. The van der Waals surface area contributed by atoms with Crippen molar-refractivity contribution in [1.29, 1.82) is 0 Å². The predicted molar refractivity (Wildman–Crippen MR) is 334 cm³/mol. The Morgan fingerprint density at radius 1 is 0.273 bits per heavy atom. The van der Waals surface area contributed by atoms with Gasteiger partial charge in [-0.25, -0.2) is 0 Å². The van der Waals surface area contributed by atoms with E-state index < -0.39 is 6.10 Å². The molecular weight excluding hydrogens is 949 g/mol. The molecule has 0 aliphatic heterocycles. The van der Waals surface area contributed by atoms with Crippen molar-refractivity contribution in [3.8, 4) is 0 Å². The Hall–Kier alpha value is -4.45. The Morgan fingerprint density at radius 2 is 0.519 bits per heavy atom. The van der Waals surface area contributed by atoms with Gasteiger partial charge < -0.3 is 14.2 Å². The van der Waals surface area contributed by atoms with E-state index in [1.807, 2.05) is 0 Å². The molecule has 0 bridgehead atoms. The summed E-state index contributed by atoms with van der Waals surface area (Å²) in [7, 11) is 0. The summed E-state index contributed by atoms with van der Waals surface area (Å²) in [6, 6.07) is 0. The number of hydrogen-bond acceptors (Lipinski definition) is 6. The van der Waals surface area contributed by atoms with Crippen LogP contribution >= 0.6 is 0 Å². The Kier molecular flexibility index (Phi) is 60.4. The summed E-state index contributed by atoms with van der Waals surface area (Å²) < 4.78 is 16.9. The van der Waals surface area contributed by atoms with Gasteiger partial charge in [0.1, 0.15) is 13.2 Å². The SMILES string of the molecule is CC/C=C\C/C=C\C/C=C\C/C=C\C/C=C\C/C=C\C/C=C\CCCC(=O)OCC(COC(=O)CCCCCC/C=C\C/C=C\C/C=C\C/C=C\CC)OC(=O)CCCCCCCCCCCCCCCCCCCCC. The summed E-state index contributed by atoms with van der Waals surface area (Å²) in [5.41, 5.74) is 0. The van der Waals surface area contributed by atoms with E-state index in [2.05, 4.69) is 154 Å². The standard InChI is InChI=1S/C71H116O6/c1-4-7-10-13-16-19-22-25-28-31-33-34-35-36-38-40-43-46-49-52-55-58-61-64-70(73)76-67-68(66-75-69(72)63-60-57-54-51-48-45-42-39-30-27-24-21-18-15-12-9-6-3)77-71(74)65-62-59-56-53-50-47-44-41-37-32-29-26-23-20-17-14-11-8-5-2/h7,9-10,12,16,18-19,21,25,27-28,30,33-34,36,38,42-43,45-46,52,55,68H,4-6,8,11,13-15,17,20,22-24,26,29,31-32,35,37,39-41,44,47-51,53-54,56-67H2,1-3H3/b10-7-,12-9-,19-16-,21-18-,28-25-,30-27-,34-33-,38-36-,45-42-,46-43-,55-52-. The van der Waals surface area contributed by atoms with Gasteiger partial charge in [-0.15, -0.1) is 0 Å². The lowest BCUT2D eigenvalue weighted by molar-refractivity contribution is -0.167. The molecule has 0 saturated heterocycles. The number of unbranched alkanes of at least 4 members (excludes halogenated alkanes) is 23. The summed E-state index contributed by atoms with van der Waals surface area (Å²) in [6.45, 7) is 6.36. The minimum Gasteiger partial charge on any atom is -0.462 e. The summed E-state index contributed by atoms with van der Waals surface area (Å²) in [5.74, 6) is -0.989. The highest BCUT2D eigenvalue weighted by Crippen LogP contribution is 2.16. The maximum atomic E-state index is 12.9. The van der Waals surface area contributed by atoms with Crippen LogP contribution in [0.2, 0.25) is 0 Å². The van der Waals surface area contributed by atoms with Crippen molar-refractivity contribution in [3.63, 3.8) is 0 Å². The third-order valence-corrected chi connectivity index (χ3v) is 13.2. The van der Waals surface area contributed by atoms with Crippen LogP contribution in [0.3, 0.4) is 0 Å². The highest BCUT2D eigenvalue weighted by Gasteiger charge is 2.19. The Balaban J connectivity index is 4.52. The van der Waals surface area contributed by atoms with Gasteiger partial charge in [0.2, 0.25) is 0 Å². The molecule has 6 nitrogen and oxygen atoms in total. The van der Waals surface area contributed by atoms with Crippen molar-refractivity contribution in [2.24, 2.45) is 0 Å². The van der Waals surface area contributed by atoms with Gasteiger partial charge in [-0.2, -0.15) is 0 Å². The van der Waals surface area contributed by atoms with Crippen LogP contribution in [0.5, 0.6) is 0 Å². The van der Waals surface area contributed by atoms with Crippen molar-refractivity contribution in [3.05, 3.63) is 134 Å². The van der Waals surface area contributed by atoms with E-state index in [0.717, 1.165) is 128 Å². The molecule has 0 aliphatic carbocycles. The molecule has 0 rings (SSSR count). The van der Waals surface area contributed by atoms with Crippen molar-refractivity contribution >= 4 is 17.9 Å². The summed E-state index contributed by atoms with van der Waals surface area (Å²) in [5, 5.41) is 0. The van der Waals surface area contributed by atoms with Gasteiger partial charge in [0, 0.05) is 19.3 Å². The smallest absolute Gasteiger partial charge is 0.306 e. The van der Waals surface area contributed by atoms with Crippen LogP contribution in [0.1, 0.15) is 278 Å². The molecule has 0 spiro atoms. The van der Waals surface area contributed by atoms with Gasteiger partial charge >= 0.3 is 17.9 Å². The molecule has 436 valence electrons. The fourth-order valence-electron chi connectivity index (χ4n) is 8.48. The number of esters is 3. The zero-order valence-electron chi connectivity index (χ0n) is 49.9. The average Bonchev–Trinajstić information content (AvgIpc) is 3.43. The molecular formula is C71H116O6. The van der Waals surface area contributed by atoms with Crippen molar-refractivity contribution < 1.29 is 28.6 Å². The van der Waals surface area contributed by atoms with Crippen LogP contribution in [0.25, 0.3) is 0 Å². The first-order valence-electron chi connectivity index (χ1n) is 31.7. The zero-order chi connectivity index (χ0) is 55.7. The number of allylic oxidation sites excluding steroid dienone is 22. The largest absolute Gasteiger partial charge is 0.462 e. The molecule has 0 aliphatic rings. The van der Waals surface area contributed by atoms with E-state index in [1.54, 1.807) is 0 Å². The highest BCUT2D eigenvalue weighted by molar-refractivity contribution is 5.71. The second-order valence-electron chi connectivity index (χ2n) is 20.6. The van der Waals surface area contributed by atoms with Crippen molar-refractivity contribution in [2.45, 2.75) is 284 Å². The van der Waals surface area contributed by atoms with Gasteiger partial charge in [0.25, 0.3) is 0 Å². The van der Waals surface area contributed by atoms with Gasteiger partial charge in [-0.3, -0.25) is 14.4 Å². The van der Waals surface area contributed by atoms with Crippen LogP contribution in [0, 0.1) is 0 Å². The lowest BCUT2D eigenvalue weighted by Crippen LogP contribution is -2.30. The summed E-state index contributed by atoms with van der Waals surface area (Å²) in [6.07, 6.45) is 90.3. The molecule has 6 heteroatoms. The minimum absolute atomic E-state index is 0.111. The maximum Gasteiger partial charge on any atom is 0.306 e. The predicted octanol–water partition coefficient (Wildman–Crippen LogP) is 21.8. The first-order valence-corrected chi connectivity index (χ1v) is 31.7. The van der Waals surface area contributed by atoms with Crippen LogP contribution in [-0.2, 0) is 28.6 Å². The molecule has 0 aromatic rings. The highest BCUT2D eigenvalue weighted by atomic mass is 16.6. The van der Waals surface area contributed by atoms with Gasteiger partial charge in [-0.1, -0.05) is 283 Å². The van der Waals surface area contributed by atoms with Crippen molar-refractivity contribution in [1.82, 2.24) is 0 Å². The number of carbonyl (C=O) groups excluding carboxylic acids is 3. The van der Waals surface area contributed by atoms with E-state index in [-0.39, 0.29) is 37.5 Å². The number of rotatable bonds is 56. The van der Waals surface area contributed by atoms with E-state index >= 15 is 0 Å². The first kappa shape index (κ1) is 72.5.